The fourth-order valence-corrected chi connectivity index (χ4v) is 5.44. The summed E-state index contributed by atoms with van der Waals surface area (Å²) in [5.74, 6) is 1.38. The molecular weight excluding hydrogens is 446 g/mol. The third-order valence-electron chi connectivity index (χ3n) is 4.67. The Hall–Kier alpha value is -2.33. The van der Waals surface area contributed by atoms with E-state index in [1.165, 1.54) is 31.5 Å². The quantitative estimate of drug-likeness (QED) is 0.589. The number of hydrogen-bond donors (Lipinski definition) is 0. The molecule has 2 heterocycles. The van der Waals surface area contributed by atoms with Crippen molar-refractivity contribution in [1.29, 1.82) is 0 Å². The molecule has 0 bridgehead atoms. The van der Waals surface area contributed by atoms with Gasteiger partial charge in [-0.15, -0.1) is 11.3 Å². The van der Waals surface area contributed by atoms with Crippen LogP contribution in [0.15, 0.2) is 51.7 Å². The summed E-state index contributed by atoms with van der Waals surface area (Å²) in [4.78, 5) is 5.51. The van der Waals surface area contributed by atoms with Crippen molar-refractivity contribution in [3.05, 3.63) is 51.6 Å². The van der Waals surface area contributed by atoms with Gasteiger partial charge in [0.15, 0.2) is 16.3 Å². The SMILES string of the molecule is CN(C)S(=O)(=O)c1cccc(-c2csc(=Nc3ccc4c(c3)OCCO4)n2C)c1Cl. The van der Waals surface area contributed by atoms with Gasteiger partial charge in [-0.3, -0.25) is 0 Å². The highest BCUT2D eigenvalue weighted by Gasteiger charge is 2.23. The van der Waals surface area contributed by atoms with Gasteiger partial charge in [0.05, 0.1) is 16.4 Å². The van der Waals surface area contributed by atoms with Crippen LogP contribution in [0, 0.1) is 0 Å². The first-order valence-corrected chi connectivity index (χ1v) is 11.8. The van der Waals surface area contributed by atoms with E-state index in [0.29, 0.717) is 30.3 Å². The number of benzene rings is 2. The van der Waals surface area contributed by atoms with Crippen LogP contribution < -0.4 is 14.3 Å². The van der Waals surface area contributed by atoms with Gasteiger partial charge in [0.25, 0.3) is 0 Å². The second-order valence-electron chi connectivity index (χ2n) is 6.81. The van der Waals surface area contributed by atoms with E-state index in [-0.39, 0.29) is 9.92 Å². The van der Waals surface area contributed by atoms with Gasteiger partial charge in [-0.25, -0.2) is 17.7 Å². The topological polar surface area (TPSA) is 73.1 Å². The lowest BCUT2D eigenvalue weighted by atomic mass is 10.2. The van der Waals surface area contributed by atoms with Crippen LogP contribution in [0.4, 0.5) is 5.69 Å². The number of thiazole rings is 1. The Morgan fingerprint density at radius 1 is 1.13 bits per heavy atom. The fourth-order valence-electron chi connectivity index (χ4n) is 3.03. The first-order valence-electron chi connectivity index (χ1n) is 9.09. The summed E-state index contributed by atoms with van der Waals surface area (Å²) < 4.78 is 39.4. The average molecular weight is 466 g/mol. The van der Waals surface area contributed by atoms with Gasteiger partial charge >= 0.3 is 0 Å². The molecule has 1 aliphatic rings. The van der Waals surface area contributed by atoms with E-state index in [1.54, 1.807) is 12.1 Å². The Balaban J connectivity index is 1.77. The third kappa shape index (κ3) is 3.74. The largest absolute Gasteiger partial charge is 0.486 e. The molecule has 2 aromatic carbocycles. The normalized spacial score (nSPS) is 14.4. The molecule has 0 aliphatic carbocycles. The highest BCUT2D eigenvalue weighted by atomic mass is 35.5. The lowest BCUT2D eigenvalue weighted by Gasteiger charge is -2.18. The van der Waals surface area contributed by atoms with Gasteiger partial charge in [0.1, 0.15) is 18.1 Å². The van der Waals surface area contributed by atoms with Crippen LogP contribution in [-0.2, 0) is 17.1 Å². The van der Waals surface area contributed by atoms with Crippen molar-refractivity contribution in [1.82, 2.24) is 8.87 Å². The molecule has 1 aliphatic heterocycles. The summed E-state index contributed by atoms with van der Waals surface area (Å²) in [5, 5.41) is 2.09. The molecule has 1 aromatic heterocycles. The summed E-state index contributed by atoms with van der Waals surface area (Å²) in [6, 6.07) is 10.5. The van der Waals surface area contributed by atoms with Crippen LogP contribution in [0.5, 0.6) is 11.5 Å². The molecule has 0 atom stereocenters. The smallest absolute Gasteiger partial charge is 0.244 e. The Labute approximate surface area is 183 Å². The number of rotatable bonds is 4. The molecule has 0 N–H and O–H groups in total. The standard InChI is InChI=1S/C20H20ClN3O4S2/c1-23(2)30(25,26)18-6-4-5-14(19(18)21)15-12-29-20(24(15)3)22-13-7-8-16-17(11-13)28-10-9-27-16/h4-8,11-12H,9-10H2,1-3H3. The van der Waals surface area contributed by atoms with Crippen molar-refractivity contribution >= 4 is 38.6 Å². The molecule has 7 nitrogen and oxygen atoms in total. The van der Waals surface area contributed by atoms with Crippen molar-refractivity contribution in [2.24, 2.45) is 12.0 Å². The summed E-state index contributed by atoms with van der Waals surface area (Å²) in [7, 11) is 1.17. The highest BCUT2D eigenvalue weighted by Crippen LogP contribution is 2.35. The molecule has 30 heavy (non-hydrogen) atoms. The van der Waals surface area contributed by atoms with E-state index < -0.39 is 10.0 Å². The van der Waals surface area contributed by atoms with Crippen molar-refractivity contribution in [2.75, 3.05) is 27.3 Å². The Kier molecular flexibility index (Phi) is 5.63. The summed E-state index contributed by atoms with van der Waals surface area (Å²) in [6.07, 6.45) is 0. The molecule has 3 aromatic rings. The first kappa shape index (κ1) is 20.9. The molecule has 0 amide bonds. The molecule has 0 unspecified atom stereocenters. The van der Waals surface area contributed by atoms with Crippen molar-refractivity contribution in [3.63, 3.8) is 0 Å². The average Bonchev–Trinajstić information content (AvgIpc) is 3.08. The number of halogens is 1. The number of ether oxygens (including phenoxy) is 2. The Bertz CT molecular complexity index is 1280. The van der Waals surface area contributed by atoms with Crippen molar-refractivity contribution < 1.29 is 17.9 Å². The number of fused-ring (bicyclic) bond motifs is 1. The van der Waals surface area contributed by atoms with Crippen molar-refractivity contribution in [2.45, 2.75) is 4.90 Å². The summed E-state index contributed by atoms with van der Waals surface area (Å²) >= 11 is 7.95. The summed E-state index contributed by atoms with van der Waals surface area (Å²) in [6.45, 7) is 1.05. The van der Waals surface area contributed by atoms with Gasteiger partial charge in [-0.1, -0.05) is 23.7 Å². The Morgan fingerprint density at radius 2 is 1.87 bits per heavy atom. The fraction of sp³-hybridized carbons (Fsp3) is 0.250. The minimum atomic E-state index is -3.66. The monoisotopic (exact) mass is 465 g/mol. The van der Waals surface area contributed by atoms with Crippen molar-refractivity contribution in [3.8, 4) is 22.8 Å². The zero-order chi connectivity index (χ0) is 21.5. The molecule has 0 spiro atoms. The predicted octanol–water partition coefficient (Wildman–Crippen LogP) is 3.66. The maximum atomic E-state index is 12.6. The maximum absolute atomic E-state index is 12.6. The molecule has 0 fully saturated rings. The number of nitrogens with zero attached hydrogens (tertiary/aromatic N) is 3. The summed E-state index contributed by atoms with van der Waals surface area (Å²) in [5.41, 5.74) is 2.14. The molecule has 0 radical (unpaired) electrons. The number of hydrogen-bond acceptors (Lipinski definition) is 6. The van der Waals surface area contributed by atoms with E-state index in [4.69, 9.17) is 26.1 Å². The van der Waals surface area contributed by atoms with Crippen LogP contribution in [0.1, 0.15) is 0 Å². The molecular formula is C20H20ClN3O4S2. The molecule has 0 saturated heterocycles. The van der Waals surface area contributed by atoms with E-state index in [9.17, 15) is 8.42 Å². The molecule has 158 valence electrons. The second kappa shape index (κ2) is 8.07. The van der Waals surface area contributed by atoms with Crippen LogP contribution in [0.3, 0.4) is 0 Å². The zero-order valence-electron chi connectivity index (χ0n) is 16.6. The molecule has 0 saturated carbocycles. The van der Waals surface area contributed by atoms with Crippen LogP contribution in [0.2, 0.25) is 5.02 Å². The molecule has 4 rings (SSSR count). The number of aromatic nitrogens is 1. The Morgan fingerprint density at radius 3 is 2.60 bits per heavy atom. The maximum Gasteiger partial charge on any atom is 0.244 e. The number of sulfonamides is 1. The minimum Gasteiger partial charge on any atom is -0.486 e. The minimum absolute atomic E-state index is 0.0724. The predicted molar refractivity (Wildman–Crippen MR) is 117 cm³/mol. The van der Waals surface area contributed by atoms with Crippen LogP contribution in [0.25, 0.3) is 11.3 Å². The van der Waals surface area contributed by atoms with E-state index in [1.807, 2.05) is 35.2 Å². The van der Waals surface area contributed by atoms with Crippen LogP contribution >= 0.6 is 22.9 Å². The van der Waals surface area contributed by atoms with E-state index >= 15 is 0 Å². The van der Waals surface area contributed by atoms with Gasteiger partial charge in [0, 0.05) is 38.2 Å². The lowest BCUT2D eigenvalue weighted by molar-refractivity contribution is 0.171. The lowest BCUT2D eigenvalue weighted by Crippen LogP contribution is -2.22. The highest BCUT2D eigenvalue weighted by molar-refractivity contribution is 7.89. The third-order valence-corrected chi connectivity index (χ3v) is 7.97. The van der Waals surface area contributed by atoms with Gasteiger partial charge in [-0.2, -0.15) is 0 Å². The van der Waals surface area contributed by atoms with Crippen LogP contribution in [-0.4, -0.2) is 44.6 Å². The second-order valence-corrected chi connectivity index (χ2v) is 10.1. The first-order chi connectivity index (χ1) is 14.3. The van der Waals surface area contributed by atoms with Gasteiger partial charge in [-0.05, 0) is 18.2 Å². The van der Waals surface area contributed by atoms with E-state index in [0.717, 1.165) is 20.5 Å². The van der Waals surface area contributed by atoms with Gasteiger partial charge < -0.3 is 14.0 Å². The zero-order valence-corrected chi connectivity index (χ0v) is 19.0. The van der Waals surface area contributed by atoms with Gasteiger partial charge in [0.2, 0.25) is 10.0 Å². The van der Waals surface area contributed by atoms with E-state index in [2.05, 4.69) is 0 Å². The molecule has 10 heteroatoms.